The SMILES string of the molecule is COCCn1nc(C(=O)N2CCN(c3cccc(C)c3)CC2)ccc1=O. The Labute approximate surface area is 152 Å². The molecule has 3 rings (SSSR count). The summed E-state index contributed by atoms with van der Waals surface area (Å²) < 4.78 is 6.26. The van der Waals surface area contributed by atoms with Crippen LogP contribution in [0.15, 0.2) is 41.2 Å². The highest BCUT2D eigenvalue weighted by Gasteiger charge is 2.23. The molecule has 1 aromatic heterocycles. The number of piperazine rings is 1. The van der Waals surface area contributed by atoms with Gasteiger partial charge in [0.05, 0.1) is 13.2 Å². The van der Waals surface area contributed by atoms with Gasteiger partial charge in [-0.1, -0.05) is 12.1 Å². The summed E-state index contributed by atoms with van der Waals surface area (Å²) in [6.45, 7) is 5.60. The second-order valence-electron chi connectivity index (χ2n) is 6.39. The summed E-state index contributed by atoms with van der Waals surface area (Å²) in [5.41, 5.74) is 2.47. The molecular weight excluding hydrogens is 332 g/mol. The third-order valence-electron chi connectivity index (χ3n) is 4.53. The van der Waals surface area contributed by atoms with Crippen LogP contribution in [0, 0.1) is 6.92 Å². The van der Waals surface area contributed by atoms with E-state index in [4.69, 9.17) is 4.74 Å². The van der Waals surface area contributed by atoms with Gasteiger partial charge in [0.2, 0.25) is 0 Å². The molecule has 1 fully saturated rings. The Kier molecular flexibility index (Phi) is 5.68. The zero-order chi connectivity index (χ0) is 18.5. The number of rotatable bonds is 5. The maximum absolute atomic E-state index is 12.7. The first-order valence-corrected chi connectivity index (χ1v) is 8.76. The predicted octanol–water partition coefficient (Wildman–Crippen LogP) is 1.16. The lowest BCUT2D eigenvalue weighted by Crippen LogP contribution is -2.49. The zero-order valence-electron chi connectivity index (χ0n) is 15.2. The van der Waals surface area contributed by atoms with Gasteiger partial charge in [-0.25, -0.2) is 4.68 Å². The van der Waals surface area contributed by atoms with Gasteiger partial charge in [0, 0.05) is 45.0 Å². The Balaban J connectivity index is 1.66. The fourth-order valence-corrected chi connectivity index (χ4v) is 3.06. The number of amides is 1. The second kappa shape index (κ2) is 8.14. The minimum Gasteiger partial charge on any atom is -0.383 e. The maximum Gasteiger partial charge on any atom is 0.274 e. The van der Waals surface area contributed by atoms with E-state index >= 15 is 0 Å². The van der Waals surface area contributed by atoms with Crippen LogP contribution >= 0.6 is 0 Å². The Bertz CT molecular complexity index is 826. The molecule has 7 heteroatoms. The Hall–Kier alpha value is -2.67. The van der Waals surface area contributed by atoms with Crippen molar-refractivity contribution >= 4 is 11.6 Å². The molecule has 7 nitrogen and oxygen atoms in total. The van der Waals surface area contributed by atoms with Gasteiger partial charge in [-0.15, -0.1) is 0 Å². The molecule has 0 spiro atoms. The monoisotopic (exact) mass is 356 g/mol. The van der Waals surface area contributed by atoms with Gasteiger partial charge in [-0.05, 0) is 30.7 Å². The summed E-state index contributed by atoms with van der Waals surface area (Å²) in [7, 11) is 1.56. The van der Waals surface area contributed by atoms with Crippen molar-refractivity contribution < 1.29 is 9.53 Å². The van der Waals surface area contributed by atoms with Crippen molar-refractivity contribution in [3.05, 3.63) is 58.0 Å². The standard InChI is InChI=1S/C19H24N4O3/c1-15-4-3-5-16(14-15)21-8-10-22(11-9-21)19(25)17-6-7-18(24)23(20-17)12-13-26-2/h3-7,14H,8-13H2,1-2H3. The molecule has 0 aliphatic carbocycles. The van der Waals surface area contributed by atoms with E-state index in [1.165, 1.54) is 28.1 Å². The molecule has 0 saturated carbocycles. The zero-order valence-corrected chi connectivity index (χ0v) is 15.2. The molecular formula is C19H24N4O3. The van der Waals surface area contributed by atoms with Crippen molar-refractivity contribution in [2.45, 2.75) is 13.5 Å². The van der Waals surface area contributed by atoms with Crippen molar-refractivity contribution in [3.8, 4) is 0 Å². The fraction of sp³-hybridized carbons (Fsp3) is 0.421. The maximum atomic E-state index is 12.7. The van der Waals surface area contributed by atoms with E-state index in [0.29, 0.717) is 31.9 Å². The first kappa shape index (κ1) is 18.1. The lowest BCUT2D eigenvalue weighted by Gasteiger charge is -2.36. The smallest absolute Gasteiger partial charge is 0.274 e. The lowest BCUT2D eigenvalue weighted by atomic mass is 10.2. The van der Waals surface area contributed by atoms with Crippen molar-refractivity contribution in [3.63, 3.8) is 0 Å². The number of anilines is 1. The van der Waals surface area contributed by atoms with Crippen LogP contribution in [0.2, 0.25) is 0 Å². The summed E-state index contributed by atoms with van der Waals surface area (Å²) in [6, 6.07) is 11.3. The van der Waals surface area contributed by atoms with E-state index in [1.54, 1.807) is 12.0 Å². The van der Waals surface area contributed by atoms with Crippen molar-refractivity contribution in [1.29, 1.82) is 0 Å². The largest absolute Gasteiger partial charge is 0.383 e. The quantitative estimate of drug-likeness (QED) is 0.804. The minimum atomic E-state index is -0.233. The number of aryl methyl sites for hydroxylation is 1. The first-order chi connectivity index (χ1) is 12.6. The number of nitrogens with zero attached hydrogens (tertiary/aromatic N) is 4. The average Bonchev–Trinajstić information content (AvgIpc) is 2.67. The average molecular weight is 356 g/mol. The Morgan fingerprint density at radius 3 is 2.62 bits per heavy atom. The van der Waals surface area contributed by atoms with Crippen LogP contribution in [0.3, 0.4) is 0 Å². The van der Waals surface area contributed by atoms with Crippen molar-refractivity contribution in [2.75, 3.05) is 44.8 Å². The minimum absolute atomic E-state index is 0.139. The van der Waals surface area contributed by atoms with Gasteiger partial charge >= 0.3 is 0 Å². The second-order valence-corrected chi connectivity index (χ2v) is 6.39. The van der Waals surface area contributed by atoms with E-state index < -0.39 is 0 Å². The molecule has 26 heavy (non-hydrogen) atoms. The summed E-state index contributed by atoms with van der Waals surface area (Å²) >= 11 is 0. The summed E-state index contributed by atoms with van der Waals surface area (Å²) in [4.78, 5) is 28.6. The number of methoxy groups -OCH3 is 1. The normalized spacial score (nSPS) is 14.5. The topological polar surface area (TPSA) is 67.7 Å². The molecule has 0 N–H and O–H groups in total. The first-order valence-electron chi connectivity index (χ1n) is 8.76. The van der Waals surface area contributed by atoms with E-state index in [-0.39, 0.29) is 11.5 Å². The Morgan fingerprint density at radius 2 is 1.92 bits per heavy atom. The van der Waals surface area contributed by atoms with Gasteiger partial charge < -0.3 is 14.5 Å². The fourth-order valence-electron chi connectivity index (χ4n) is 3.06. The van der Waals surface area contributed by atoms with Crippen LogP contribution in [0.5, 0.6) is 0 Å². The Morgan fingerprint density at radius 1 is 1.15 bits per heavy atom. The van der Waals surface area contributed by atoms with Gasteiger partial charge in [-0.3, -0.25) is 9.59 Å². The third-order valence-corrected chi connectivity index (χ3v) is 4.53. The highest BCUT2D eigenvalue weighted by atomic mass is 16.5. The van der Waals surface area contributed by atoms with E-state index in [1.807, 2.05) is 0 Å². The van der Waals surface area contributed by atoms with E-state index in [9.17, 15) is 9.59 Å². The van der Waals surface area contributed by atoms with Crippen LogP contribution < -0.4 is 10.5 Å². The predicted molar refractivity (Wildman–Crippen MR) is 99.7 cm³/mol. The van der Waals surface area contributed by atoms with E-state index in [2.05, 4.69) is 41.2 Å². The molecule has 1 saturated heterocycles. The summed E-state index contributed by atoms with van der Waals surface area (Å²) in [5.74, 6) is -0.139. The molecule has 0 atom stereocenters. The molecule has 2 heterocycles. The number of carbonyl (C=O) groups is 1. The third kappa shape index (κ3) is 4.11. The molecule has 1 aliphatic rings. The number of carbonyl (C=O) groups excluding carboxylic acids is 1. The van der Waals surface area contributed by atoms with Crippen LogP contribution in [-0.2, 0) is 11.3 Å². The number of benzene rings is 1. The van der Waals surface area contributed by atoms with E-state index in [0.717, 1.165) is 13.1 Å². The molecule has 1 aromatic carbocycles. The molecule has 138 valence electrons. The molecule has 1 aliphatic heterocycles. The van der Waals surface area contributed by atoms with Gasteiger partial charge in [0.1, 0.15) is 5.69 Å². The molecule has 0 bridgehead atoms. The van der Waals surface area contributed by atoms with Crippen LogP contribution in [0.4, 0.5) is 5.69 Å². The number of hydrogen-bond acceptors (Lipinski definition) is 5. The highest BCUT2D eigenvalue weighted by Crippen LogP contribution is 2.18. The van der Waals surface area contributed by atoms with Gasteiger partial charge in [0.15, 0.2) is 0 Å². The molecule has 2 aromatic rings. The number of ether oxygens (including phenoxy) is 1. The molecule has 0 radical (unpaired) electrons. The summed E-state index contributed by atoms with van der Waals surface area (Å²) in [6.07, 6.45) is 0. The number of aromatic nitrogens is 2. The lowest BCUT2D eigenvalue weighted by molar-refractivity contribution is 0.0737. The van der Waals surface area contributed by atoms with Crippen LogP contribution in [-0.4, -0.2) is 60.5 Å². The highest BCUT2D eigenvalue weighted by molar-refractivity contribution is 5.92. The number of hydrogen-bond donors (Lipinski definition) is 0. The van der Waals surface area contributed by atoms with Crippen LogP contribution in [0.25, 0.3) is 0 Å². The van der Waals surface area contributed by atoms with Crippen LogP contribution in [0.1, 0.15) is 16.1 Å². The van der Waals surface area contributed by atoms with Crippen molar-refractivity contribution in [1.82, 2.24) is 14.7 Å². The van der Waals surface area contributed by atoms with Gasteiger partial charge in [0.25, 0.3) is 11.5 Å². The summed E-state index contributed by atoms with van der Waals surface area (Å²) in [5, 5.41) is 4.19. The van der Waals surface area contributed by atoms with Crippen molar-refractivity contribution in [2.24, 2.45) is 0 Å². The molecule has 1 amide bonds. The van der Waals surface area contributed by atoms with Gasteiger partial charge in [-0.2, -0.15) is 5.10 Å². The molecule has 0 unspecified atom stereocenters.